The molecule has 0 fully saturated rings. The molecule has 1 nitrogen and oxygen atoms in total. The average Bonchev–Trinajstić information content (AvgIpc) is 3.47. The third-order valence-corrected chi connectivity index (χ3v) is 6.92. The maximum absolute atomic E-state index is 13.2. The second-order valence-electron chi connectivity index (χ2n) is 10.1. The van der Waals surface area contributed by atoms with E-state index in [2.05, 4.69) is 65.8 Å². The van der Waals surface area contributed by atoms with Gasteiger partial charge in [-0.25, -0.2) is 12.1 Å². The van der Waals surface area contributed by atoms with Crippen LogP contribution in [0.5, 0.6) is 0 Å². The van der Waals surface area contributed by atoms with E-state index in [0.29, 0.717) is 0 Å². The van der Waals surface area contributed by atoms with Gasteiger partial charge in [0.2, 0.25) is 0 Å². The molecule has 0 unspecified atom stereocenters. The molecule has 4 aromatic rings. The fraction of sp³-hybridized carbons (Fsp3) is 0.267. The van der Waals surface area contributed by atoms with Gasteiger partial charge in [0.1, 0.15) is 0 Å². The Bertz CT molecular complexity index is 1090. The first-order valence-electron chi connectivity index (χ1n) is 11.1. The number of hydrogen-bond acceptors (Lipinski definition) is 1. The molecule has 0 aliphatic heterocycles. The number of rotatable bonds is 3. The minimum atomic E-state index is -1.18. The van der Waals surface area contributed by atoms with Crippen LogP contribution in [0.25, 0.3) is 11.1 Å². The Morgan fingerprint density at radius 2 is 1.27 bits per heavy atom. The molecule has 0 saturated carbocycles. The first-order valence-corrected chi connectivity index (χ1v) is 12.3. The largest absolute Gasteiger partial charge is 2.00 e. The van der Waals surface area contributed by atoms with Gasteiger partial charge in [0, 0.05) is 15.7 Å². The van der Waals surface area contributed by atoms with Crippen molar-refractivity contribution in [2.75, 3.05) is 0 Å². The number of hydrogen-bond donors (Lipinski definition) is 0. The van der Waals surface area contributed by atoms with Crippen molar-refractivity contribution in [3.63, 3.8) is 0 Å². The van der Waals surface area contributed by atoms with E-state index in [1.165, 1.54) is 11.1 Å². The molecule has 0 bridgehead atoms. The topological polar surface area (TPSA) is 17.1 Å². The van der Waals surface area contributed by atoms with Crippen LogP contribution < -0.4 is 0 Å². The Hall–Kier alpha value is -2.19. The van der Waals surface area contributed by atoms with Crippen LogP contribution in [0.15, 0.2) is 107 Å². The van der Waals surface area contributed by atoms with Gasteiger partial charge in [0.25, 0.3) is 0 Å². The van der Waals surface area contributed by atoms with E-state index < -0.39 is 10.8 Å². The van der Waals surface area contributed by atoms with E-state index in [4.69, 9.17) is 0 Å². The van der Waals surface area contributed by atoms with Crippen molar-refractivity contribution in [2.24, 2.45) is 0 Å². The predicted octanol–water partition coefficient (Wildman–Crippen LogP) is 8.24. The number of benzene rings is 2. The summed E-state index contributed by atoms with van der Waals surface area (Å²) in [5.41, 5.74) is 4.94. The van der Waals surface area contributed by atoms with E-state index in [-0.39, 0.29) is 27.9 Å². The van der Waals surface area contributed by atoms with Gasteiger partial charge >= 0.3 is 17.1 Å². The molecular formula is C30H34FeOS. The molecule has 3 heteroatoms. The molecule has 1 atom stereocenters. The monoisotopic (exact) mass is 498 g/mol. The zero-order valence-corrected chi connectivity index (χ0v) is 22.3. The Labute approximate surface area is 212 Å². The molecule has 0 spiro atoms. The second kappa shape index (κ2) is 11.3. The first kappa shape index (κ1) is 27.1. The van der Waals surface area contributed by atoms with Crippen LogP contribution in [0.4, 0.5) is 0 Å². The summed E-state index contributed by atoms with van der Waals surface area (Å²) in [5.74, 6) is 0. The molecule has 0 heterocycles. The molecule has 0 radical (unpaired) electrons. The van der Waals surface area contributed by atoms with E-state index in [1.807, 2.05) is 72.8 Å². The Morgan fingerprint density at radius 3 is 1.73 bits per heavy atom. The van der Waals surface area contributed by atoms with Crippen molar-refractivity contribution >= 4 is 10.8 Å². The van der Waals surface area contributed by atoms with Crippen molar-refractivity contribution < 1.29 is 21.3 Å². The summed E-state index contributed by atoms with van der Waals surface area (Å²) >= 11 is 0. The van der Waals surface area contributed by atoms with Crippen LogP contribution in [0.1, 0.15) is 52.7 Å². The van der Waals surface area contributed by atoms with E-state index in [1.54, 1.807) is 0 Å². The van der Waals surface area contributed by atoms with Gasteiger partial charge in [0.05, 0.1) is 0 Å². The van der Waals surface area contributed by atoms with Crippen molar-refractivity contribution in [2.45, 2.75) is 62.2 Å². The van der Waals surface area contributed by atoms with Gasteiger partial charge in [-0.15, -0.1) is 11.6 Å². The van der Waals surface area contributed by atoms with Crippen molar-refractivity contribution in [3.8, 4) is 11.1 Å². The summed E-state index contributed by atoms with van der Waals surface area (Å²) in [4.78, 5) is 1.72. The van der Waals surface area contributed by atoms with Crippen molar-refractivity contribution in [1.29, 1.82) is 0 Å². The molecule has 4 rings (SSSR count). The van der Waals surface area contributed by atoms with Gasteiger partial charge < -0.3 is 0 Å². The van der Waals surface area contributed by atoms with E-state index in [0.717, 1.165) is 20.9 Å². The van der Waals surface area contributed by atoms with Crippen LogP contribution in [-0.2, 0) is 38.7 Å². The molecule has 0 amide bonds. The quantitative estimate of drug-likeness (QED) is 0.205. The third-order valence-electron chi connectivity index (χ3n) is 5.46. The Morgan fingerprint density at radius 1 is 0.727 bits per heavy atom. The first-order chi connectivity index (χ1) is 15.1. The zero-order chi connectivity index (χ0) is 23.4. The predicted molar refractivity (Wildman–Crippen MR) is 138 cm³/mol. The van der Waals surface area contributed by atoms with E-state index >= 15 is 0 Å². The normalized spacial score (nSPS) is 12.3. The van der Waals surface area contributed by atoms with Gasteiger partial charge in [-0.1, -0.05) is 94.6 Å². The van der Waals surface area contributed by atoms with Gasteiger partial charge in [-0.3, -0.25) is 4.21 Å². The minimum Gasteiger partial charge on any atom is -0.259 e. The van der Waals surface area contributed by atoms with Crippen LogP contribution in [0, 0.1) is 0 Å². The van der Waals surface area contributed by atoms with Crippen LogP contribution in [0.2, 0.25) is 0 Å². The van der Waals surface area contributed by atoms with Crippen molar-refractivity contribution in [3.05, 3.63) is 108 Å². The summed E-state index contributed by atoms with van der Waals surface area (Å²) in [6.07, 6.45) is 0. The summed E-state index contributed by atoms with van der Waals surface area (Å²) in [6, 6.07) is 32.6. The Kier molecular flexibility index (Phi) is 9.26. The molecule has 4 aromatic carbocycles. The standard InChI is InChI=1S/C25H29OS.C5H5.Fe/c1-24(2,3)19-15-18(16-20(17-19)25(4,5)6)22-13-10-14-23(22)27(26)21-11-8-7-9-12-21;1-2-4-5-3-1;/h7-17H,1-6H3;1-5H;/q2*-1;+2/t27-;;/m0../s1. The fourth-order valence-electron chi connectivity index (χ4n) is 3.44. The van der Waals surface area contributed by atoms with Gasteiger partial charge in [0.15, 0.2) is 0 Å². The molecular weight excluding hydrogens is 464 g/mol. The van der Waals surface area contributed by atoms with Gasteiger partial charge in [-0.05, 0) is 27.9 Å². The SMILES string of the molecule is CC(C)(C)c1cc(-c2ccc[c-]2[S@@](=O)c2ccccc2)cc(C(C)(C)C)c1.[Fe+2].c1cc[cH-]c1. The molecule has 0 N–H and O–H groups in total. The van der Waals surface area contributed by atoms with Crippen LogP contribution in [-0.4, -0.2) is 4.21 Å². The second-order valence-corrected chi connectivity index (χ2v) is 11.6. The smallest absolute Gasteiger partial charge is 0.259 e. The Balaban J connectivity index is 0.000000568. The molecule has 174 valence electrons. The zero-order valence-electron chi connectivity index (χ0n) is 20.4. The third kappa shape index (κ3) is 7.14. The average molecular weight is 499 g/mol. The summed E-state index contributed by atoms with van der Waals surface area (Å²) in [5, 5.41) is 0. The minimum absolute atomic E-state index is 0. The maximum atomic E-state index is 13.2. The maximum Gasteiger partial charge on any atom is 2.00 e. The van der Waals surface area contributed by atoms with Crippen molar-refractivity contribution in [1.82, 2.24) is 0 Å². The van der Waals surface area contributed by atoms with Gasteiger partial charge in [-0.2, -0.15) is 30.3 Å². The molecule has 0 aliphatic rings. The molecule has 0 saturated heterocycles. The summed E-state index contributed by atoms with van der Waals surface area (Å²) in [7, 11) is -1.18. The van der Waals surface area contributed by atoms with Crippen LogP contribution >= 0.6 is 0 Å². The molecule has 33 heavy (non-hydrogen) atoms. The molecule has 0 aromatic heterocycles. The summed E-state index contributed by atoms with van der Waals surface area (Å²) < 4.78 is 13.2. The fourth-order valence-corrected chi connectivity index (χ4v) is 4.69. The molecule has 0 aliphatic carbocycles. The van der Waals surface area contributed by atoms with Crippen LogP contribution in [0.3, 0.4) is 0 Å². The van der Waals surface area contributed by atoms with E-state index in [9.17, 15) is 4.21 Å². The summed E-state index contributed by atoms with van der Waals surface area (Å²) in [6.45, 7) is 13.5.